The molecular weight excluding hydrogens is 248 g/mol. The molecule has 3 rings (SSSR count). The number of aryl methyl sites for hydroxylation is 2. The third kappa shape index (κ3) is 1.70. The van der Waals surface area contributed by atoms with E-state index in [-0.39, 0.29) is 5.56 Å². The Bertz CT molecular complexity index is 790. The molecule has 0 aliphatic rings. The lowest BCUT2D eigenvalue weighted by atomic mass is 10.1. The van der Waals surface area contributed by atoms with Crippen molar-refractivity contribution in [3.05, 3.63) is 45.9 Å². The lowest BCUT2D eigenvalue weighted by molar-refractivity contribution is 0.829. The summed E-state index contributed by atoms with van der Waals surface area (Å²) in [6.45, 7) is 3.65. The Balaban J connectivity index is 2.26. The number of nitrogens with zero attached hydrogens (tertiary/aromatic N) is 4. The van der Waals surface area contributed by atoms with E-state index in [2.05, 4.69) is 15.3 Å². The average molecular weight is 258 g/mol. The molecule has 3 aromatic rings. The summed E-state index contributed by atoms with van der Waals surface area (Å²) in [5.74, 6) is 0. The largest absolute Gasteiger partial charge is 0.296 e. The summed E-state index contributed by atoms with van der Waals surface area (Å²) in [5.41, 5.74) is 2.28. The summed E-state index contributed by atoms with van der Waals surface area (Å²) < 4.78 is 1.31. The molecule has 1 aromatic carbocycles. The summed E-state index contributed by atoms with van der Waals surface area (Å²) >= 11 is 1.36. The minimum absolute atomic E-state index is 0.213. The second-order valence-corrected chi connectivity index (χ2v) is 5.02. The summed E-state index contributed by atoms with van der Waals surface area (Å²) in [7, 11) is 0. The first-order chi connectivity index (χ1) is 8.65. The van der Waals surface area contributed by atoms with Crippen LogP contribution in [0.3, 0.4) is 0 Å². The molecule has 0 fully saturated rings. The summed E-state index contributed by atoms with van der Waals surface area (Å²) in [4.78, 5) is 12.4. The SMILES string of the molecule is Cc1cccc(-c2nn3c(=O)c(C)nnc3s2)c1. The van der Waals surface area contributed by atoms with Gasteiger partial charge in [-0.2, -0.15) is 9.61 Å². The molecule has 0 saturated heterocycles. The third-order valence-electron chi connectivity index (χ3n) is 2.61. The Hall–Kier alpha value is -2.08. The van der Waals surface area contributed by atoms with Crippen LogP contribution < -0.4 is 5.56 Å². The second-order valence-electron chi connectivity index (χ2n) is 4.06. The standard InChI is InChI=1S/C12H10N4OS/c1-7-4-3-5-9(6-7)10-15-16-11(17)8(2)13-14-12(16)18-10/h3-6H,1-2H3. The summed E-state index contributed by atoms with van der Waals surface area (Å²) in [5, 5.41) is 12.9. The van der Waals surface area contributed by atoms with Crippen molar-refractivity contribution in [2.45, 2.75) is 13.8 Å². The van der Waals surface area contributed by atoms with Crippen LogP contribution in [0.15, 0.2) is 29.1 Å². The predicted octanol–water partition coefficient (Wildman–Crippen LogP) is 1.83. The lowest BCUT2D eigenvalue weighted by Crippen LogP contribution is -2.19. The molecule has 0 amide bonds. The molecule has 6 heteroatoms. The van der Waals surface area contributed by atoms with Crippen molar-refractivity contribution in [1.29, 1.82) is 0 Å². The lowest BCUT2D eigenvalue weighted by Gasteiger charge is -1.95. The fourth-order valence-corrected chi connectivity index (χ4v) is 2.52. The molecule has 0 bridgehead atoms. The van der Waals surface area contributed by atoms with Gasteiger partial charge in [0, 0.05) is 5.56 Å². The van der Waals surface area contributed by atoms with Gasteiger partial charge < -0.3 is 0 Å². The van der Waals surface area contributed by atoms with Crippen LogP contribution in [-0.4, -0.2) is 19.8 Å². The van der Waals surface area contributed by atoms with E-state index in [0.29, 0.717) is 10.7 Å². The molecule has 0 aliphatic carbocycles. The second kappa shape index (κ2) is 3.99. The molecule has 2 aromatic heterocycles. The minimum Gasteiger partial charge on any atom is -0.265 e. The van der Waals surface area contributed by atoms with Crippen molar-refractivity contribution < 1.29 is 0 Å². The fraction of sp³-hybridized carbons (Fsp3) is 0.167. The van der Waals surface area contributed by atoms with Crippen LogP contribution in [0.5, 0.6) is 0 Å². The maximum atomic E-state index is 11.8. The van der Waals surface area contributed by atoms with Gasteiger partial charge in [0.25, 0.3) is 5.56 Å². The first kappa shape index (κ1) is 11.0. The molecule has 5 nitrogen and oxygen atoms in total. The first-order valence-corrected chi connectivity index (χ1v) is 6.27. The zero-order valence-electron chi connectivity index (χ0n) is 9.91. The van der Waals surface area contributed by atoms with Crippen molar-refractivity contribution >= 4 is 16.3 Å². The van der Waals surface area contributed by atoms with Crippen LogP contribution in [0.1, 0.15) is 11.3 Å². The molecule has 2 heterocycles. The Labute approximate surface area is 107 Å². The quantitative estimate of drug-likeness (QED) is 0.668. The van der Waals surface area contributed by atoms with Crippen molar-refractivity contribution in [2.75, 3.05) is 0 Å². The van der Waals surface area contributed by atoms with E-state index in [4.69, 9.17) is 0 Å². The average Bonchev–Trinajstić information content (AvgIpc) is 2.79. The number of aromatic nitrogens is 4. The Morgan fingerprint density at radius 2 is 2.06 bits per heavy atom. The van der Waals surface area contributed by atoms with E-state index in [1.807, 2.05) is 31.2 Å². The molecule has 0 unspecified atom stereocenters. The van der Waals surface area contributed by atoms with Crippen molar-refractivity contribution in [3.63, 3.8) is 0 Å². The Morgan fingerprint density at radius 1 is 1.22 bits per heavy atom. The van der Waals surface area contributed by atoms with Gasteiger partial charge in [0.1, 0.15) is 10.7 Å². The monoisotopic (exact) mass is 258 g/mol. The molecule has 0 N–H and O–H groups in total. The number of hydrogen-bond acceptors (Lipinski definition) is 5. The van der Waals surface area contributed by atoms with E-state index in [0.717, 1.165) is 16.1 Å². The van der Waals surface area contributed by atoms with Gasteiger partial charge in [0.15, 0.2) is 0 Å². The number of rotatable bonds is 1. The van der Waals surface area contributed by atoms with E-state index >= 15 is 0 Å². The van der Waals surface area contributed by atoms with Crippen LogP contribution in [-0.2, 0) is 0 Å². The van der Waals surface area contributed by atoms with Gasteiger partial charge in [-0.1, -0.05) is 35.1 Å². The zero-order chi connectivity index (χ0) is 12.7. The maximum absolute atomic E-state index is 11.8. The van der Waals surface area contributed by atoms with Crippen molar-refractivity contribution in [3.8, 4) is 10.6 Å². The molecule has 90 valence electrons. The topological polar surface area (TPSA) is 60.2 Å². The van der Waals surface area contributed by atoms with Gasteiger partial charge in [0.2, 0.25) is 4.96 Å². The number of benzene rings is 1. The van der Waals surface area contributed by atoms with Gasteiger partial charge in [-0.3, -0.25) is 4.79 Å². The van der Waals surface area contributed by atoms with Gasteiger partial charge in [-0.25, -0.2) is 0 Å². The molecule has 0 saturated carbocycles. The van der Waals surface area contributed by atoms with E-state index in [9.17, 15) is 4.79 Å². The number of hydrogen-bond donors (Lipinski definition) is 0. The fourth-order valence-electron chi connectivity index (χ4n) is 1.69. The van der Waals surface area contributed by atoms with Gasteiger partial charge >= 0.3 is 0 Å². The van der Waals surface area contributed by atoms with Crippen LogP contribution in [0, 0.1) is 13.8 Å². The minimum atomic E-state index is -0.213. The predicted molar refractivity (Wildman–Crippen MR) is 69.8 cm³/mol. The molecule has 0 aliphatic heterocycles. The number of fused-ring (bicyclic) bond motifs is 1. The van der Waals surface area contributed by atoms with E-state index in [1.54, 1.807) is 6.92 Å². The highest BCUT2D eigenvalue weighted by Gasteiger charge is 2.10. The van der Waals surface area contributed by atoms with Crippen molar-refractivity contribution in [1.82, 2.24) is 19.8 Å². The highest BCUT2D eigenvalue weighted by atomic mass is 32.1. The summed E-state index contributed by atoms with van der Waals surface area (Å²) in [6.07, 6.45) is 0. The van der Waals surface area contributed by atoms with Crippen LogP contribution in [0.25, 0.3) is 15.5 Å². The highest BCUT2D eigenvalue weighted by Crippen LogP contribution is 2.24. The van der Waals surface area contributed by atoms with Crippen LogP contribution in [0.4, 0.5) is 0 Å². The zero-order valence-corrected chi connectivity index (χ0v) is 10.7. The molecule has 0 spiro atoms. The molecular formula is C12H10N4OS. The normalized spacial score (nSPS) is 11.0. The Morgan fingerprint density at radius 3 is 2.83 bits per heavy atom. The maximum Gasteiger partial charge on any atom is 0.296 e. The van der Waals surface area contributed by atoms with Crippen LogP contribution in [0.2, 0.25) is 0 Å². The summed E-state index contributed by atoms with van der Waals surface area (Å²) in [6, 6.07) is 7.99. The Kier molecular flexibility index (Phi) is 2.45. The molecule has 0 radical (unpaired) electrons. The first-order valence-electron chi connectivity index (χ1n) is 5.45. The van der Waals surface area contributed by atoms with Gasteiger partial charge in [-0.15, -0.1) is 10.2 Å². The molecule has 18 heavy (non-hydrogen) atoms. The van der Waals surface area contributed by atoms with E-state index < -0.39 is 0 Å². The van der Waals surface area contributed by atoms with Gasteiger partial charge in [-0.05, 0) is 19.9 Å². The third-order valence-corrected chi connectivity index (χ3v) is 3.56. The molecule has 0 atom stereocenters. The van der Waals surface area contributed by atoms with Crippen LogP contribution >= 0.6 is 11.3 Å². The smallest absolute Gasteiger partial charge is 0.265 e. The van der Waals surface area contributed by atoms with Gasteiger partial charge in [0.05, 0.1) is 0 Å². The highest BCUT2D eigenvalue weighted by molar-refractivity contribution is 7.19. The van der Waals surface area contributed by atoms with Crippen molar-refractivity contribution in [2.24, 2.45) is 0 Å². The van der Waals surface area contributed by atoms with E-state index in [1.165, 1.54) is 15.9 Å².